The van der Waals surface area contributed by atoms with E-state index in [0.29, 0.717) is 19.5 Å². The molecule has 1 N–H and O–H groups in total. The zero-order valence-corrected chi connectivity index (χ0v) is 14.0. The van der Waals surface area contributed by atoms with Crippen LogP contribution in [0.4, 0.5) is 0 Å². The van der Waals surface area contributed by atoms with Gasteiger partial charge in [-0.05, 0) is 18.6 Å². The summed E-state index contributed by atoms with van der Waals surface area (Å²) in [6, 6.07) is 4.52. The zero-order valence-electron chi connectivity index (χ0n) is 10.9. The third-order valence-electron chi connectivity index (χ3n) is 2.65. The van der Waals surface area contributed by atoms with Crippen LogP contribution in [0.15, 0.2) is 41.8 Å². The predicted octanol–water partition coefficient (Wildman–Crippen LogP) is 2.98. The Morgan fingerprint density at radius 1 is 1.29 bits per heavy atom. The molecule has 21 heavy (non-hydrogen) atoms. The summed E-state index contributed by atoms with van der Waals surface area (Å²) in [5, 5.41) is 0.254. The smallest absolute Gasteiger partial charge is 0.242 e. The molecule has 0 saturated carbocycles. The largest absolute Gasteiger partial charge is 0.337 e. The Kier molecular flexibility index (Phi) is 6.96. The summed E-state index contributed by atoms with van der Waals surface area (Å²) < 4.78 is 28.6. The molecule has 0 bridgehead atoms. The molecule has 9 heteroatoms. The van der Waals surface area contributed by atoms with Crippen molar-refractivity contribution in [1.29, 1.82) is 0 Å². The molecule has 2 aromatic rings. The van der Waals surface area contributed by atoms with Crippen LogP contribution < -0.4 is 4.72 Å². The highest BCUT2D eigenvalue weighted by Gasteiger charge is 2.18. The van der Waals surface area contributed by atoms with Crippen molar-refractivity contribution < 1.29 is 8.42 Å². The van der Waals surface area contributed by atoms with Crippen molar-refractivity contribution in [2.24, 2.45) is 0 Å². The van der Waals surface area contributed by atoms with Crippen LogP contribution in [-0.4, -0.2) is 24.5 Å². The minimum absolute atomic E-state index is 0. The second-order valence-electron chi connectivity index (χ2n) is 4.10. The van der Waals surface area contributed by atoms with Gasteiger partial charge in [-0.3, -0.25) is 0 Å². The van der Waals surface area contributed by atoms with E-state index >= 15 is 0 Å². The second-order valence-corrected chi connectivity index (χ2v) is 6.62. The average molecular weight is 371 g/mol. The molecule has 1 aromatic heterocycles. The molecular formula is C12H14Cl3N3O2S. The minimum atomic E-state index is -3.65. The maximum atomic E-state index is 12.1. The van der Waals surface area contributed by atoms with Crippen LogP contribution in [0, 0.1) is 0 Å². The Labute approximate surface area is 139 Å². The van der Waals surface area contributed by atoms with Crippen LogP contribution in [-0.2, 0) is 16.6 Å². The van der Waals surface area contributed by atoms with E-state index in [1.807, 2.05) is 10.8 Å². The molecule has 0 radical (unpaired) electrons. The number of nitrogens with zero attached hydrogens (tertiary/aromatic N) is 2. The quantitative estimate of drug-likeness (QED) is 0.795. The first-order valence-corrected chi connectivity index (χ1v) is 8.14. The van der Waals surface area contributed by atoms with E-state index in [9.17, 15) is 8.42 Å². The van der Waals surface area contributed by atoms with Crippen LogP contribution >= 0.6 is 35.6 Å². The van der Waals surface area contributed by atoms with Gasteiger partial charge in [0.05, 0.1) is 16.4 Å². The number of sulfonamides is 1. The van der Waals surface area contributed by atoms with Gasteiger partial charge in [0.1, 0.15) is 4.90 Å². The van der Waals surface area contributed by atoms with Crippen LogP contribution in [0.1, 0.15) is 6.42 Å². The number of nitrogens with one attached hydrogen (secondary N) is 1. The van der Waals surface area contributed by atoms with E-state index in [1.165, 1.54) is 6.07 Å². The predicted molar refractivity (Wildman–Crippen MR) is 85.7 cm³/mol. The van der Waals surface area contributed by atoms with Gasteiger partial charge in [-0.1, -0.05) is 29.3 Å². The molecule has 0 aliphatic heterocycles. The molecule has 0 atom stereocenters. The van der Waals surface area contributed by atoms with E-state index < -0.39 is 10.0 Å². The van der Waals surface area contributed by atoms with E-state index in [-0.39, 0.29) is 27.3 Å². The van der Waals surface area contributed by atoms with E-state index in [4.69, 9.17) is 23.2 Å². The highest BCUT2D eigenvalue weighted by Crippen LogP contribution is 2.28. The molecule has 0 unspecified atom stereocenters. The van der Waals surface area contributed by atoms with Crippen molar-refractivity contribution in [3.05, 3.63) is 47.0 Å². The number of halogens is 3. The number of hydrogen-bond donors (Lipinski definition) is 1. The van der Waals surface area contributed by atoms with Gasteiger partial charge in [-0.15, -0.1) is 12.4 Å². The maximum absolute atomic E-state index is 12.1. The first kappa shape index (κ1) is 18.3. The normalized spacial score (nSPS) is 11.1. The molecule has 1 aromatic carbocycles. The van der Waals surface area contributed by atoms with Crippen molar-refractivity contribution in [2.45, 2.75) is 17.9 Å². The lowest BCUT2D eigenvalue weighted by Crippen LogP contribution is -2.25. The molecule has 116 valence electrons. The second kappa shape index (κ2) is 8.00. The molecule has 2 rings (SSSR count). The van der Waals surface area contributed by atoms with Crippen molar-refractivity contribution in [1.82, 2.24) is 14.3 Å². The third-order valence-corrected chi connectivity index (χ3v) is 5.08. The summed E-state index contributed by atoms with van der Waals surface area (Å²) in [7, 11) is -3.65. The van der Waals surface area contributed by atoms with Gasteiger partial charge in [-0.2, -0.15) is 0 Å². The van der Waals surface area contributed by atoms with Crippen LogP contribution in [0.3, 0.4) is 0 Å². The lowest BCUT2D eigenvalue weighted by molar-refractivity contribution is 0.570. The highest BCUT2D eigenvalue weighted by molar-refractivity contribution is 7.89. The van der Waals surface area contributed by atoms with Crippen LogP contribution in [0.5, 0.6) is 0 Å². The Balaban J connectivity index is 0.00000220. The molecule has 5 nitrogen and oxygen atoms in total. The van der Waals surface area contributed by atoms with Gasteiger partial charge >= 0.3 is 0 Å². The molecule has 0 fully saturated rings. The minimum Gasteiger partial charge on any atom is -0.337 e. The van der Waals surface area contributed by atoms with Gasteiger partial charge in [0.15, 0.2) is 0 Å². The van der Waals surface area contributed by atoms with Gasteiger partial charge in [0, 0.05) is 25.5 Å². The molecule has 1 heterocycles. The standard InChI is InChI=1S/C12H13Cl2N3O2S.ClH/c13-10-3-1-4-11(12(10)14)20(18,19)16-5-2-7-17-8-6-15-9-17;/h1,3-4,6,8-9,16H,2,5,7H2;1H. The maximum Gasteiger partial charge on any atom is 0.242 e. The number of aryl methyl sites for hydroxylation is 1. The fourth-order valence-corrected chi connectivity index (χ4v) is 3.49. The Hall–Kier alpha value is -0.790. The van der Waals surface area contributed by atoms with Crippen molar-refractivity contribution >= 4 is 45.6 Å². The summed E-state index contributed by atoms with van der Waals surface area (Å²) in [4.78, 5) is 3.91. The first-order chi connectivity index (χ1) is 9.50. The number of hydrogen-bond acceptors (Lipinski definition) is 3. The van der Waals surface area contributed by atoms with Crippen molar-refractivity contribution in [3.8, 4) is 0 Å². The summed E-state index contributed by atoms with van der Waals surface area (Å²) in [5.41, 5.74) is 0. The molecule has 0 saturated heterocycles. The number of rotatable bonds is 6. The molecule has 0 spiro atoms. The highest BCUT2D eigenvalue weighted by atomic mass is 35.5. The third kappa shape index (κ3) is 4.86. The summed E-state index contributed by atoms with van der Waals surface area (Å²) in [6.07, 6.45) is 5.83. The number of benzene rings is 1. The van der Waals surface area contributed by atoms with E-state index in [0.717, 1.165) is 0 Å². The molecule has 0 aliphatic rings. The van der Waals surface area contributed by atoms with Crippen LogP contribution in [0.25, 0.3) is 0 Å². The van der Waals surface area contributed by atoms with Gasteiger partial charge in [0.25, 0.3) is 0 Å². The van der Waals surface area contributed by atoms with Gasteiger partial charge < -0.3 is 4.57 Å². The fraction of sp³-hybridized carbons (Fsp3) is 0.250. The monoisotopic (exact) mass is 369 g/mol. The number of aromatic nitrogens is 2. The van der Waals surface area contributed by atoms with E-state index in [2.05, 4.69) is 9.71 Å². The Morgan fingerprint density at radius 3 is 2.71 bits per heavy atom. The fourth-order valence-electron chi connectivity index (χ4n) is 1.66. The molecular weight excluding hydrogens is 357 g/mol. The zero-order chi connectivity index (χ0) is 14.6. The molecule has 0 amide bonds. The lowest BCUT2D eigenvalue weighted by Gasteiger charge is -2.09. The average Bonchev–Trinajstić information content (AvgIpc) is 2.91. The summed E-state index contributed by atoms with van der Waals surface area (Å²) in [5.74, 6) is 0. The lowest BCUT2D eigenvalue weighted by atomic mass is 10.4. The SMILES string of the molecule is Cl.O=S(=O)(NCCCn1ccnc1)c1cccc(Cl)c1Cl. The Bertz CT molecular complexity index is 675. The Morgan fingerprint density at radius 2 is 2.05 bits per heavy atom. The summed E-state index contributed by atoms with van der Waals surface area (Å²) in [6.45, 7) is 0.995. The molecule has 0 aliphatic carbocycles. The van der Waals surface area contributed by atoms with Crippen molar-refractivity contribution in [3.63, 3.8) is 0 Å². The van der Waals surface area contributed by atoms with E-state index in [1.54, 1.807) is 24.7 Å². The topological polar surface area (TPSA) is 64.0 Å². The van der Waals surface area contributed by atoms with Gasteiger partial charge in [0.2, 0.25) is 10.0 Å². The van der Waals surface area contributed by atoms with Gasteiger partial charge in [-0.25, -0.2) is 18.1 Å². The van der Waals surface area contributed by atoms with Crippen LogP contribution in [0.2, 0.25) is 10.0 Å². The first-order valence-electron chi connectivity index (χ1n) is 5.90. The number of imidazole rings is 1. The van der Waals surface area contributed by atoms with Crippen molar-refractivity contribution in [2.75, 3.05) is 6.54 Å². The summed E-state index contributed by atoms with van der Waals surface area (Å²) >= 11 is 11.7.